The maximum Gasteiger partial charge on any atom is 0.0546 e. The summed E-state index contributed by atoms with van der Waals surface area (Å²) in [6.07, 6.45) is 0.942. The fourth-order valence-electron chi connectivity index (χ4n) is 2.81. The summed E-state index contributed by atoms with van der Waals surface area (Å²) in [6, 6.07) is 8.26. The van der Waals surface area contributed by atoms with Gasteiger partial charge >= 0.3 is 0 Å². The zero-order chi connectivity index (χ0) is 13.3. The van der Waals surface area contributed by atoms with Crippen LogP contribution in [0.4, 0.5) is 0 Å². The molecule has 2 rings (SSSR count). The molecular formula is C15H23NOS. The van der Waals surface area contributed by atoms with Gasteiger partial charge in [-0.05, 0) is 29.4 Å². The van der Waals surface area contributed by atoms with Gasteiger partial charge in [0.05, 0.1) is 5.25 Å². The first-order valence-corrected chi connectivity index (χ1v) is 8.10. The maximum absolute atomic E-state index is 12.4. The van der Waals surface area contributed by atoms with Gasteiger partial charge in [-0.2, -0.15) is 0 Å². The number of hydrogen-bond donors (Lipinski definition) is 1. The maximum atomic E-state index is 12.4. The molecule has 4 atom stereocenters. The van der Waals surface area contributed by atoms with Crippen LogP contribution >= 0.6 is 0 Å². The van der Waals surface area contributed by atoms with E-state index < -0.39 is 10.8 Å². The van der Waals surface area contributed by atoms with E-state index in [2.05, 4.69) is 39.0 Å². The van der Waals surface area contributed by atoms with E-state index in [1.165, 1.54) is 11.1 Å². The van der Waals surface area contributed by atoms with Gasteiger partial charge in [-0.3, -0.25) is 4.21 Å². The topological polar surface area (TPSA) is 43.1 Å². The van der Waals surface area contributed by atoms with Crippen molar-refractivity contribution in [1.29, 1.82) is 0 Å². The Kier molecular flexibility index (Phi) is 4.23. The van der Waals surface area contributed by atoms with Crippen LogP contribution in [0.15, 0.2) is 24.3 Å². The molecule has 3 heteroatoms. The van der Waals surface area contributed by atoms with Crippen LogP contribution in [0.5, 0.6) is 0 Å². The Bertz CT molecular complexity index is 444. The van der Waals surface area contributed by atoms with Crippen molar-refractivity contribution < 1.29 is 4.21 Å². The quantitative estimate of drug-likeness (QED) is 0.913. The summed E-state index contributed by atoms with van der Waals surface area (Å²) in [6.45, 7) is 6.44. The van der Waals surface area contributed by atoms with Crippen molar-refractivity contribution in [3.05, 3.63) is 35.4 Å². The molecule has 4 unspecified atom stereocenters. The van der Waals surface area contributed by atoms with E-state index in [1.807, 2.05) is 6.07 Å². The monoisotopic (exact) mass is 265 g/mol. The molecule has 1 aromatic carbocycles. The molecular weight excluding hydrogens is 242 g/mol. The summed E-state index contributed by atoms with van der Waals surface area (Å²) in [4.78, 5) is 0. The Morgan fingerprint density at radius 3 is 2.56 bits per heavy atom. The van der Waals surface area contributed by atoms with Gasteiger partial charge in [0.1, 0.15) is 0 Å². The summed E-state index contributed by atoms with van der Waals surface area (Å²) in [5, 5.41) is 0.109. The summed E-state index contributed by atoms with van der Waals surface area (Å²) in [5.74, 6) is 1.68. The number of benzene rings is 1. The fraction of sp³-hybridized carbons (Fsp3) is 0.600. The molecule has 2 nitrogen and oxygen atoms in total. The molecule has 2 N–H and O–H groups in total. The molecule has 0 amide bonds. The lowest BCUT2D eigenvalue weighted by Gasteiger charge is -2.34. The van der Waals surface area contributed by atoms with Gasteiger partial charge in [0.15, 0.2) is 0 Å². The summed E-state index contributed by atoms with van der Waals surface area (Å²) < 4.78 is 12.4. The van der Waals surface area contributed by atoms with E-state index in [4.69, 9.17) is 5.73 Å². The van der Waals surface area contributed by atoms with Crippen LogP contribution in [0.1, 0.15) is 50.3 Å². The smallest absolute Gasteiger partial charge is 0.0546 e. The Morgan fingerprint density at radius 1 is 1.33 bits per heavy atom. The molecule has 0 spiro atoms. The minimum atomic E-state index is -0.820. The van der Waals surface area contributed by atoms with Gasteiger partial charge in [0.2, 0.25) is 0 Å². The lowest BCUT2D eigenvalue weighted by atomic mass is 9.81. The van der Waals surface area contributed by atoms with Crippen molar-refractivity contribution >= 4 is 10.8 Å². The van der Waals surface area contributed by atoms with E-state index in [0.29, 0.717) is 11.8 Å². The third kappa shape index (κ3) is 2.67. The number of rotatable bonds is 3. The van der Waals surface area contributed by atoms with Crippen LogP contribution in [-0.2, 0) is 10.8 Å². The summed E-state index contributed by atoms with van der Waals surface area (Å²) in [5.41, 5.74) is 8.87. The summed E-state index contributed by atoms with van der Waals surface area (Å²) in [7, 11) is -0.820. The second-order valence-electron chi connectivity index (χ2n) is 5.77. The van der Waals surface area contributed by atoms with Gasteiger partial charge < -0.3 is 5.73 Å². The van der Waals surface area contributed by atoms with Crippen LogP contribution in [0.2, 0.25) is 0 Å². The van der Waals surface area contributed by atoms with Crippen molar-refractivity contribution in [1.82, 2.24) is 0 Å². The summed E-state index contributed by atoms with van der Waals surface area (Å²) >= 11 is 0. The molecule has 1 aromatic rings. The van der Waals surface area contributed by atoms with E-state index in [9.17, 15) is 4.21 Å². The molecule has 1 aliphatic rings. The van der Waals surface area contributed by atoms with Crippen molar-refractivity contribution in [2.24, 2.45) is 11.7 Å². The van der Waals surface area contributed by atoms with Crippen molar-refractivity contribution in [3.8, 4) is 0 Å². The molecule has 18 heavy (non-hydrogen) atoms. The van der Waals surface area contributed by atoms with Gasteiger partial charge in [-0.25, -0.2) is 0 Å². The minimum Gasteiger partial charge on any atom is -0.323 e. The molecule has 0 fully saturated rings. The largest absolute Gasteiger partial charge is 0.323 e. The standard InChI is InChI=1S/C15H23NOS/c1-10(2)9-18(17)14-8-11(3)12-6-4-5-7-13(12)15(14)16/h4-7,10-11,14-15H,8-9,16H2,1-3H3. The highest BCUT2D eigenvalue weighted by atomic mass is 32.2. The molecule has 0 radical (unpaired) electrons. The first kappa shape index (κ1) is 13.8. The Balaban J connectivity index is 2.25. The third-order valence-corrected chi connectivity index (χ3v) is 5.86. The van der Waals surface area contributed by atoms with Crippen LogP contribution in [0.25, 0.3) is 0 Å². The second-order valence-corrected chi connectivity index (χ2v) is 7.47. The van der Waals surface area contributed by atoms with Crippen LogP contribution < -0.4 is 5.73 Å². The highest BCUT2D eigenvalue weighted by Crippen LogP contribution is 2.38. The third-order valence-electron chi connectivity index (χ3n) is 3.71. The lowest BCUT2D eigenvalue weighted by molar-refractivity contribution is 0.511. The Labute approximate surface area is 112 Å². The number of nitrogens with two attached hydrogens (primary N) is 1. The second kappa shape index (κ2) is 5.54. The zero-order valence-electron chi connectivity index (χ0n) is 11.4. The Hall–Kier alpha value is -0.670. The molecule has 0 heterocycles. The molecule has 100 valence electrons. The van der Waals surface area contributed by atoms with E-state index in [-0.39, 0.29) is 11.3 Å². The van der Waals surface area contributed by atoms with Crippen LogP contribution in [0, 0.1) is 5.92 Å². The highest BCUT2D eigenvalue weighted by Gasteiger charge is 2.34. The van der Waals surface area contributed by atoms with E-state index >= 15 is 0 Å². The predicted molar refractivity (Wildman–Crippen MR) is 78.0 cm³/mol. The number of fused-ring (bicyclic) bond motifs is 1. The van der Waals surface area contributed by atoms with Gasteiger partial charge in [0.25, 0.3) is 0 Å². The van der Waals surface area contributed by atoms with Gasteiger partial charge in [-0.1, -0.05) is 45.0 Å². The average Bonchev–Trinajstić information content (AvgIpc) is 2.33. The first-order valence-electron chi connectivity index (χ1n) is 6.72. The van der Waals surface area contributed by atoms with Gasteiger partial charge in [-0.15, -0.1) is 0 Å². The van der Waals surface area contributed by atoms with E-state index in [0.717, 1.165) is 12.2 Å². The Morgan fingerprint density at radius 2 is 1.94 bits per heavy atom. The van der Waals surface area contributed by atoms with Crippen molar-refractivity contribution in [2.75, 3.05) is 5.75 Å². The molecule has 0 aliphatic heterocycles. The molecule has 1 aliphatic carbocycles. The normalized spacial score (nSPS) is 29.1. The molecule has 0 bridgehead atoms. The average molecular weight is 265 g/mol. The van der Waals surface area contributed by atoms with Crippen molar-refractivity contribution in [3.63, 3.8) is 0 Å². The zero-order valence-corrected chi connectivity index (χ0v) is 12.2. The lowest BCUT2D eigenvalue weighted by Crippen LogP contribution is -2.37. The predicted octanol–water partition coefficient (Wildman–Crippen LogP) is 2.97. The molecule has 0 aromatic heterocycles. The highest BCUT2D eigenvalue weighted by molar-refractivity contribution is 7.85. The fourth-order valence-corrected chi connectivity index (χ4v) is 4.69. The van der Waals surface area contributed by atoms with Crippen LogP contribution in [-0.4, -0.2) is 15.2 Å². The van der Waals surface area contributed by atoms with Crippen LogP contribution in [0.3, 0.4) is 0 Å². The van der Waals surface area contributed by atoms with E-state index in [1.54, 1.807) is 0 Å². The number of hydrogen-bond acceptors (Lipinski definition) is 2. The first-order chi connectivity index (χ1) is 8.50. The van der Waals surface area contributed by atoms with Gasteiger partial charge in [0, 0.05) is 22.6 Å². The SMILES string of the molecule is CC(C)CS(=O)C1CC(C)c2ccccc2C1N. The molecule has 0 saturated heterocycles. The molecule has 0 saturated carbocycles. The minimum absolute atomic E-state index is 0.0722. The van der Waals surface area contributed by atoms with Crippen molar-refractivity contribution in [2.45, 2.75) is 44.4 Å².